The van der Waals surface area contributed by atoms with Crippen LogP contribution in [0.2, 0.25) is 0 Å². The molecule has 0 bridgehead atoms. The molecule has 0 saturated heterocycles. The van der Waals surface area contributed by atoms with Gasteiger partial charge in [-0.15, -0.1) is 0 Å². The first-order valence-electron chi connectivity index (χ1n) is 33.0. The highest BCUT2D eigenvalue weighted by molar-refractivity contribution is 7.45. The van der Waals surface area contributed by atoms with Crippen LogP contribution in [-0.4, -0.2) is 68.5 Å². The average molecular weight is 1150 g/mol. The minimum absolute atomic E-state index is 0.0154. The fourth-order valence-corrected chi connectivity index (χ4v) is 9.71. The van der Waals surface area contributed by atoms with Gasteiger partial charge in [-0.25, -0.2) is 0 Å². The molecule has 0 radical (unpaired) electrons. The van der Waals surface area contributed by atoms with Crippen LogP contribution in [0.4, 0.5) is 0 Å². The van der Waals surface area contributed by atoms with Crippen LogP contribution in [-0.2, 0) is 18.4 Å². The van der Waals surface area contributed by atoms with Gasteiger partial charge >= 0.3 is 0 Å². The summed E-state index contributed by atoms with van der Waals surface area (Å²) >= 11 is 0. The van der Waals surface area contributed by atoms with Crippen LogP contribution in [0.5, 0.6) is 0 Å². The first-order chi connectivity index (χ1) is 39.5. The molecule has 1 amide bonds. The minimum Gasteiger partial charge on any atom is -0.756 e. The van der Waals surface area contributed by atoms with Crippen molar-refractivity contribution in [3.05, 3.63) is 134 Å². The Balaban J connectivity index is 4.24. The number of carbonyl (C=O) groups is 1. The first kappa shape index (κ1) is 77.6. The smallest absolute Gasteiger partial charge is 0.268 e. The molecule has 0 aromatic carbocycles. The molecule has 0 aliphatic heterocycles. The Morgan fingerprint density at radius 3 is 1.15 bits per heavy atom. The predicted molar refractivity (Wildman–Crippen MR) is 352 cm³/mol. The van der Waals surface area contributed by atoms with Crippen molar-refractivity contribution in [3.8, 4) is 0 Å². The number of unbranched alkanes of at least 4 members (excludes halogenated alkanes) is 26. The van der Waals surface area contributed by atoms with Crippen LogP contribution in [0, 0.1) is 0 Å². The molecule has 0 aromatic heterocycles. The number of amides is 1. The number of hydrogen-bond acceptors (Lipinski definition) is 6. The zero-order valence-electron chi connectivity index (χ0n) is 52.9. The summed E-state index contributed by atoms with van der Waals surface area (Å²) in [5.41, 5.74) is 0. The van der Waals surface area contributed by atoms with E-state index in [0.717, 1.165) is 109 Å². The molecule has 3 atom stereocenters. The van der Waals surface area contributed by atoms with Crippen LogP contribution in [0.25, 0.3) is 0 Å². The van der Waals surface area contributed by atoms with Crippen molar-refractivity contribution >= 4 is 13.7 Å². The van der Waals surface area contributed by atoms with Crippen LogP contribution >= 0.6 is 7.82 Å². The molecule has 0 rings (SSSR count). The lowest BCUT2D eigenvalue weighted by Crippen LogP contribution is -2.45. The van der Waals surface area contributed by atoms with Gasteiger partial charge in [0.05, 0.1) is 39.9 Å². The van der Waals surface area contributed by atoms with Gasteiger partial charge in [-0.1, -0.05) is 289 Å². The first-order valence-corrected chi connectivity index (χ1v) is 34.5. The van der Waals surface area contributed by atoms with Crippen molar-refractivity contribution in [2.24, 2.45) is 0 Å². The Morgan fingerprint density at radius 1 is 0.444 bits per heavy atom. The molecule has 0 aliphatic rings. The number of nitrogens with one attached hydrogen (secondary N) is 1. The maximum absolute atomic E-state index is 13.0. The van der Waals surface area contributed by atoms with E-state index in [1.54, 1.807) is 6.08 Å². The topological polar surface area (TPSA) is 108 Å². The van der Waals surface area contributed by atoms with Crippen molar-refractivity contribution in [3.63, 3.8) is 0 Å². The summed E-state index contributed by atoms with van der Waals surface area (Å²) in [5, 5.41) is 13.9. The standard InChI is InChI=1S/C72H125N2O6P/c1-6-8-10-12-14-16-18-20-22-24-26-28-30-32-33-34-35-36-37-38-39-40-41-42-44-46-48-50-52-54-56-58-60-62-64-66-72(76)73-70(69-80-81(77,78)79-68-67-74(3,4)5)71(75)65-63-61-59-57-55-53-51-49-47-45-43-31-29-27-25-23-21-19-17-15-13-11-9-7-2/h8,10,14,16,20,22,26,28,32-33,35-36,38-39,41-42,46,48,55,57,63,65,70-71,75H,6-7,9,11-13,15,17-19,21,23-25,27,29-31,34,37,40,43-45,47,49-54,56,58-62,64,66-69H2,1-5H3,(H-,73,76,77,78)/b10-8-,16-14-,22-20-,28-26-,33-32-,36-35-,39-38-,42-41-,48-46-,57-55+,65-63+. The van der Waals surface area contributed by atoms with Gasteiger partial charge in [-0.2, -0.15) is 0 Å². The summed E-state index contributed by atoms with van der Waals surface area (Å²) in [6, 6.07) is -0.921. The summed E-state index contributed by atoms with van der Waals surface area (Å²) in [6.45, 7) is 4.51. The summed E-state index contributed by atoms with van der Waals surface area (Å²) in [5.74, 6) is -0.222. The maximum Gasteiger partial charge on any atom is 0.268 e. The third kappa shape index (κ3) is 64.1. The van der Waals surface area contributed by atoms with E-state index in [1.165, 1.54) is 135 Å². The number of rotatable bonds is 59. The zero-order valence-corrected chi connectivity index (χ0v) is 53.8. The van der Waals surface area contributed by atoms with E-state index < -0.39 is 26.6 Å². The molecule has 81 heavy (non-hydrogen) atoms. The Kier molecular flexibility index (Phi) is 58.7. The number of phosphoric acid groups is 1. The molecule has 9 heteroatoms. The maximum atomic E-state index is 13.0. The fourth-order valence-electron chi connectivity index (χ4n) is 8.99. The van der Waals surface area contributed by atoms with E-state index in [9.17, 15) is 19.4 Å². The van der Waals surface area contributed by atoms with Crippen LogP contribution < -0.4 is 10.2 Å². The monoisotopic (exact) mass is 1140 g/mol. The molecule has 2 N–H and O–H groups in total. The molecule has 3 unspecified atom stereocenters. The van der Waals surface area contributed by atoms with E-state index in [1.807, 2.05) is 27.2 Å². The molecule has 8 nitrogen and oxygen atoms in total. The second kappa shape index (κ2) is 61.2. The summed E-state index contributed by atoms with van der Waals surface area (Å²) in [7, 11) is 1.22. The lowest BCUT2D eigenvalue weighted by atomic mass is 10.0. The highest BCUT2D eigenvalue weighted by Crippen LogP contribution is 2.38. The lowest BCUT2D eigenvalue weighted by molar-refractivity contribution is -0.870. The largest absolute Gasteiger partial charge is 0.756 e. The van der Waals surface area contributed by atoms with Gasteiger partial charge in [0, 0.05) is 6.42 Å². The zero-order chi connectivity index (χ0) is 59.1. The summed E-state index contributed by atoms with van der Waals surface area (Å²) < 4.78 is 23.4. The number of aliphatic hydroxyl groups is 1. The molecular formula is C72H125N2O6P. The SMILES string of the molecule is CC/C=C\C/C=C\C/C=C\C/C=C\C/C=C\C/C=C\C/C=C\C/C=C\C/C=C\CCCCCCCCCC(=O)NC(COP(=O)([O-])OCC[N+](C)(C)C)C(O)/C=C/CC/C=C/CCCCCCCCCCCCCCCCCCCC. The van der Waals surface area contributed by atoms with E-state index >= 15 is 0 Å². The fraction of sp³-hybridized carbons (Fsp3) is 0.681. The number of aliphatic hydroxyl groups excluding tert-OH is 1. The van der Waals surface area contributed by atoms with Gasteiger partial charge in [0.1, 0.15) is 13.2 Å². The number of quaternary nitrogens is 1. The van der Waals surface area contributed by atoms with Gasteiger partial charge < -0.3 is 28.8 Å². The van der Waals surface area contributed by atoms with Gasteiger partial charge in [-0.05, 0) is 103 Å². The third-order valence-corrected chi connectivity index (χ3v) is 15.1. The number of allylic oxidation sites excluding steroid dienone is 21. The van der Waals surface area contributed by atoms with Crippen molar-refractivity contribution in [2.75, 3.05) is 40.9 Å². The summed E-state index contributed by atoms with van der Waals surface area (Å²) in [6.07, 6.45) is 92.7. The second-order valence-corrected chi connectivity index (χ2v) is 24.5. The molecule has 0 fully saturated rings. The lowest BCUT2D eigenvalue weighted by Gasteiger charge is -2.29. The normalized spacial score (nSPS) is 14.6. The molecule has 0 heterocycles. The average Bonchev–Trinajstić information content (AvgIpc) is 3.43. The summed E-state index contributed by atoms with van der Waals surface area (Å²) in [4.78, 5) is 25.6. The number of hydrogen-bond donors (Lipinski definition) is 2. The van der Waals surface area contributed by atoms with E-state index in [0.29, 0.717) is 17.4 Å². The van der Waals surface area contributed by atoms with E-state index in [4.69, 9.17) is 9.05 Å². The number of carbonyl (C=O) groups excluding carboxylic acids is 1. The van der Waals surface area contributed by atoms with Crippen LogP contribution in [0.15, 0.2) is 134 Å². The van der Waals surface area contributed by atoms with Gasteiger partial charge in [-0.3, -0.25) is 9.36 Å². The van der Waals surface area contributed by atoms with Crippen molar-refractivity contribution < 1.29 is 32.9 Å². The quantitative estimate of drug-likeness (QED) is 0.0272. The van der Waals surface area contributed by atoms with Crippen molar-refractivity contribution in [2.45, 2.75) is 276 Å². The van der Waals surface area contributed by atoms with E-state index in [-0.39, 0.29) is 12.5 Å². The number of nitrogens with zero attached hydrogens (tertiary/aromatic N) is 1. The number of phosphoric ester groups is 1. The molecule has 0 aromatic rings. The molecule has 464 valence electrons. The molecule has 0 spiro atoms. The highest BCUT2D eigenvalue weighted by Gasteiger charge is 2.23. The van der Waals surface area contributed by atoms with Gasteiger partial charge in [0.15, 0.2) is 0 Å². The van der Waals surface area contributed by atoms with Gasteiger partial charge in [0.2, 0.25) is 5.91 Å². The predicted octanol–water partition coefficient (Wildman–Crippen LogP) is 20.4. The molecule has 0 saturated carbocycles. The van der Waals surface area contributed by atoms with Gasteiger partial charge in [0.25, 0.3) is 7.82 Å². The van der Waals surface area contributed by atoms with Crippen molar-refractivity contribution in [1.82, 2.24) is 5.32 Å². The Labute approximate surface area is 500 Å². The van der Waals surface area contributed by atoms with E-state index in [2.05, 4.69) is 141 Å². The van der Waals surface area contributed by atoms with Crippen molar-refractivity contribution in [1.29, 1.82) is 0 Å². The Hall–Kier alpha value is -3.36. The third-order valence-electron chi connectivity index (χ3n) is 14.1. The Bertz CT molecular complexity index is 1780. The molecular weight excluding hydrogens is 1020 g/mol. The minimum atomic E-state index is -4.62. The number of likely N-dealkylation sites (N-methyl/N-ethyl adjacent to an activating group) is 1. The van der Waals surface area contributed by atoms with Crippen LogP contribution in [0.1, 0.15) is 264 Å². The Morgan fingerprint density at radius 2 is 0.765 bits per heavy atom. The second-order valence-electron chi connectivity index (χ2n) is 23.1. The highest BCUT2D eigenvalue weighted by atomic mass is 31.2. The molecule has 0 aliphatic carbocycles. The van der Waals surface area contributed by atoms with Crippen LogP contribution in [0.3, 0.4) is 0 Å².